The molecule has 2 aliphatic rings. The van der Waals surface area contributed by atoms with Crippen LogP contribution >= 0.6 is 0 Å². The van der Waals surface area contributed by atoms with Crippen molar-refractivity contribution in [1.82, 2.24) is 4.90 Å². The molecule has 0 saturated carbocycles. The number of cyclic esters (lactones) is 1. The summed E-state index contributed by atoms with van der Waals surface area (Å²) in [7, 11) is 0. The molecule has 0 amide bonds. The number of hydrogen-bond acceptors (Lipinski definition) is 3. The number of esters is 1. The summed E-state index contributed by atoms with van der Waals surface area (Å²) in [6, 6.07) is 21.3. The molecule has 2 aliphatic heterocycles. The van der Waals surface area contributed by atoms with E-state index in [1.54, 1.807) is 0 Å². The van der Waals surface area contributed by atoms with Gasteiger partial charge in [0.15, 0.2) is 0 Å². The molecule has 2 aromatic rings. The van der Waals surface area contributed by atoms with Crippen LogP contribution in [-0.2, 0) is 9.53 Å². The van der Waals surface area contributed by atoms with E-state index in [9.17, 15) is 4.79 Å². The number of hydrogen-bond donors (Lipinski definition) is 0. The highest BCUT2D eigenvalue weighted by Crippen LogP contribution is 2.50. The van der Waals surface area contributed by atoms with Crippen LogP contribution < -0.4 is 0 Å². The lowest BCUT2D eigenvalue weighted by Crippen LogP contribution is -2.31. The molecular weight excluding hydrogens is 298 g/mol. The lowest BCUT2D eigenvalue weighted by atomic mass is 9.86. The van der Waals surface area contributed by atoms with Gasteiger partial charge in [0.05, 0.1) is 5.92 Å². The van der Waals surface area contributed by atoms with Crippen molar-refractivity contribution in [2.75, 3.05) is 6.54 Å². The molecular formula is C21H23NO2. The summed E-state index contributed by atoms with van der Waals surface area (Å²) in [5.74, 6) is 0.173. The number of benzene rings is 2. The van der Waals surface area contributed by atoms with Crippen LogP contribution in [0.25, 0.3) is 0 Å². The SMILES string of the molecule is C[C@H](c1ccccc1)N1C[C@H]2[C@H](C(=O)O[C@@H]2C)[C@H]1c1ccccc1. The molecule has 24 heavy (non-hydrogen) atoms. The second kappa shape index (κ2) is 6.06. The van der Waals surface area contributed by atoms with Crippen molar-refractivity contribution in [1.29, 1.82) is 0 Å². The van der Waals surface area contributed by atoms with Gasteiger partial charge in [-0.15, -0.1) is 0 Å². The van der Waals surface area contributed by atoms with Gasteiger partial charge in [0.1, 0.15) is 6.10 Å². The Hall–Kier alpha value is -2.13. The first-order chi connectivity index (χ1) is 11.7. The Morgan fingerprint density at radius 3 is 2.33 bits per heavy atom. The minimum absolute atomic E-state index is 0.00156. The number of carbonyl (C=O) groups is 1. The summed E-state index contributed by atoms with van der Waals surface area (Å²) < 4.78 is 5.55. The Bertz CT molecular complexity index is 715. The largest absolute Gasteiger partial charge is 0.462 e. The molecule has 124 valence electrons. The number of ether oxygens (including phenoxy) is 1. The van der Waals surface area contributed by atoms with Gasteiger partial charge < -0.3 is 4.74 Å². The quantitative estimate of drug-likeness (QED) is 0.801. The molecule has 2 aromatic carbocycles. The maximum Gasteiger partial charge on any atom is 0.311 e. The van der Waals surface area contributed by atoms with Crippen LogP contribution in [0.5, 0.6) is 0 Å². The van der Waals surface area contributed by atoms with Gasteiger partial charge >= 0.3 is 5.97 Å². The third kappa shape index (κ3) is 2.44. The van der Waals surface area contributed by atoms with Crippen molar-refractivity contribution in [2.24, 2.45) is 11.8 Å². The number of fused-ring (bicyclic) bond motifs is 1. The highest BCUT2D eigenvalue weighted by Gasteiger charge is 2.55. The monoisotopic (exact) mass is 321 g/mol. The van der Waals surface area contributed by atoms with E-state index >= 15 is 0 Å². The molecule has 2 heterocycles. The Morgan fingerprint density at radius 2 is 1.67 bits per heavy atom. The zero-order valence-corrected chi connectivity index (χ0v) is 14.1. The van der Waals surface area contributed by atoms with E-state index < -0.39 is 0 Å². The van der Waals surface area contributed by atoms with Crippen LogP contribution in [0, 0.1) is 11.8 Å². The second-order valence-electron chi connectivity index (χ2n) is 6.97. The molecule has 0 spiro atoms. The first kappa shape index (κ1) is 15.4. The summed E-state index contributed by atoms with van der Waals surface area (Å²) in [5, 5.41) is 0. The lowest BCUT2D eigenvalue weighted by Gasteiger charge is -2.33. The average Bonchev–Trinajstić information content (AvgIpc) is 3.14. The number of nitrogens with zero attached hydrogens (tertiary/aromatic N) is 1. The zero-order chi connectivity index (χ0) is 16.7. The maximum atomic E-state index is 12.5. The predicted octanol–water partition coefficient (Wildman–Crippen LogP) is 3.98. The van der Waals surface area contributed by atoms with Crippen molar-refractivity contribution in [2.45, 2.75) is 32.0 Å². The Morgan fingerprint density at radius 1 is 1.04 bits per heavy atom. The van der Waals surface area contributed by atoms with Gasteiger partial charge in [0, 0.05) is 24.5 Å². The van der Waals surface area contributed by atoms with Crippen molar-refractivity contribution in [3.63, 3.8) is 0 Å². The Labute approximate surface area is 143 Å². The van der Waals surface area contributed by atoms with E-state index in [-0.39, 0.29) is 36.0 Å². The normalized spacial score (nSPS) is 30.8. The van der Waals surface area contributed by atoms with Crippen LogP contribution in [-0.4, -0.2) is 23.5 Å². The average molecular weight is 321 g/mol. The molecule has 4 rings (SSSR count). The molecule has 0 bridgehead atoms. The molecule has 0 radical (unpaired) electrons. The highest BCUT2D eigenvalue weighted by molar-refractivity contribution is 5.77. The van der Waals surface area contributed by atoms with Crippen LogP contribution in [0.15, 0.2) is 60.7 Å². The maximum absolute atomic E-state index is 12.5. The summed E-state index contributed by atoms with van der Waals surface area (Å²) >= 11 is 0. The lowest BCUT2D eigenvalue weighted by molar-refractivity contribution is -0.145. The summed E-state index contributed by atoms with van der Waals surface area (Å²) in [6.07, 6.45) is 0.00156. The van der Waals surface area contributed by atoms with Gasteiger partial charge in [-0.3, -0.25) is 9.69 Å². The molecule has 3 heteroatoms. The van der Waals surface area contributed by atoms with Crippen LogP contribution in [0.2, 0.25) is 0 Å². The molecule has 5 atom stereocenters. The van der Waals surface area contributed by atoms with E-state index in [1.165, 1.54) is 11.1 Å². The van der Waals surface area contributed by atoms with E-state index in [4.69, 9.17) is 4.74 Å². The fraction of sp³-hybridized carbons (Fsp3) is 0.381. The van der Waals surface area contributed by atoms with Crippen LogP contribution in [0.4, 0.5) is 0 Å². The van der Waals surface area contributed by atoms with Gasteiger partial charge in [-0.05, 0) is 25.0 Å². The summed E-state index contributed by atoms with van der Waals surface area (Å²) in [6.45, 7) is 5.16. The van der Waals surface area contributed by atoms with Crippen molar-refractivity contribution in [3.05, 3.63) is 71.8 Å². The van der Waals surface area contributed by atoms with Crippen molar-refractivity contribution in [3.8, 4) is 0 Å². The molecule has 2 fully saturated rings. The number of likely N-dealkylation sites (tertiary alicyclic amines) is 1. The van der Waals surface area contributed by atoms with Gasteiger partial charge in [-0.1, -0.05) is 60.7 Å². The van der Waals surface area contributed by atoms with Gasteiger partial charge in [0.25, 0.3) is 0 Å². The molecule has 0 N–H and O–H groups in total. The van der Waals surface area contributed by atoms with Gasteiger partial charge in [0.2, 0.25) is 0 Å². The van der Waals surface area contributed by atoms with Crippen LogP contribution in [0.1, 0.15) is 37.1 Å². The number of carbonyl (C=O) groups excluding carboxylic acids is 1. The van der Waals surface area contributed by atoms with Crippen LogP contribution in [0.3, 0.4) is 0 Å². The van der Waals surface area contributed by atoms with Gasteiger partial charge in [-0.2, -0.15) is 0 Å². The smallest absolute Gasteiger partial charge is 0.311 e. The molecule has 0 aliphatic carbocycles. The first-order valence-electron chi connectivity index (χ1n) is 8.73. The zero-order valence-electron chi connectivity index (χ0n) is 14.1. The Balaban J connectivity index is 1.74. The molecule has 3 nitrogen and oxygen atoms in total. The highest BCUT2D eigenvalue weighted by atomic mass is 16.6. The van der Waals surface area contributed by atoms with Crippen molar-refractivity contribution < 1.29 is 9.53 Å². The fourth-order valence-electron chi connectivity index (χ4n) is 4.38. The molecule has 0 aromatic heterocycles. The molecule has 2 saturated heterocycles. The third-order valence-corrected chi connectivity index (χ3v) is 5.68. The molecule has 0 unspecified atom stereocenters. The fourth-order valence-corrected chi connectivity index (χ4v) is 4.38. The standard InChI is InChI=1S/C21H23NO2/c1-14(16-9-5-3-6-10-16)22-13-18-15(2)24-21(23)19(18)20(22)17-11-7-4-8-12-17/h3-12,14-15,18-20H,13H2,1-2H3/t14-,15-,18-,19+,20-/m1/s1. The van der Waals surface area contributed by atoms with Crippen molar-refractivity contribution >= 4 is 5.97 Å². The van der Waals surface area contributed by atoms with Gasteiger partial charge in [-0.25, -0.2) is 0 Å². The first-order valence-corrected chi connectivity index (χ1v) is 8.73. The summed E-state index contributed by atoms with van der Waals surface area (Å²) in [5.41, 5.74) is 2.50. The van der Waals surface area contributed by atoms with E-state index in [0.29, 0.717) is 0 Å². The third-order valence-electron chi connectivity index (χ3n) is 5.68. The van der Waals surface area contributed by atoms with E-state index in [1.807, 2.05) is 19.1 Å². The van der Waals surface area contributed by atoms with E-state index in [2.05, 4.69) is 60.4 Å². The topological polar surface area (TPSA) is 29.5 Å². The minimum Gasteiger partial charge on any atom is -0.462 e. The summed E-state index contributed by atoms with van der Waals surface area (Å²) in [4.78, 5) is 15.0. The number of rotatable bonds is 3. The van der Waals surface area contributed by atoms with E-state index in [0.717, 1.165) is 6.54 Å². The predicted molar refractivity (Wildman–Crippen MR) is 93.3 cm³/mol. The minimum atomic E-state index is -0.0615. The second-order valence-corrected chi connectivity index (χ2v) is 6.97. The Kier molecular flexibility index (Phi) is 3.89.